The lowest BCUT2D eigenvalue weighted by atomic mass is 9.99. The van der Waals surface area contributed by atoms with Gasteiger partial charge in [-0.3, -0.25) is 4.99 Å². The Morgan fingerprint density at radius 2 is 1.12 bits per heavy atom. The van der Waals surface area contributed by atoms with E-state index in [2.05, 4.69) is 146 Å². The third-order valence-corrected chi connectivity index (χ3v) is 11.2. The molecule has 0 spiro atoms. The molecule has 0 saturated carbocycles. The number of allylic oxidation sites excluding steroid dienone is 3. The lowest BCUT2D eigenvalue weighted by Gasteiger charge is -2.26. The van der Waals surface area contributed by atoms with Gasteiger partial charge in [-0.05, 0) is 83.6 Å². The summed E-state index contributed by atoms with van der Waals surface area (Å²) in [6, 6.07) is 53.0. The predicted molar refractivity (Wildman–Crippen MR) is 244 cm³/mol. The van der Waals surface area contributed by atoms with Crippen LogP contribution in [0.15, 0.2) is 189 Å². The van der Waals surface area contributed by atoms with Crippen LogP contribution in [0, 0.1) is 0 Å². The first-order chi connectivity index (χ1) is 28.6. The second-order valence-corrected chi connectivity index (χ2v) is 14.8. The van der Waals surface area contributed by atoms with Gasteiger partial charge in [0.25, 0.3) is 0 Å². The summed E-state index contributed by atoms with van der Waals surface area (Å²) in [6.07, 6.45) is 9.43. The number of anilines is 2. The van der Waals surface area contributed by atoms with Crippen molar-refractivity contribution in [1.82, 2.24) is 0 Å². The molecule has 10 rings (SSSR count). The van der Waals surface area contributed by atoms with E-state index in [0.717, 1.165) is 112 Å². The highest BCUT2D eigenvalue weighted by Gasteiger charge is 2.22. The third kappa shape index (κ3) is 6.09. The Morgan fingerprint density at radius 3 is 1.67 bits per heavy atom. The zero-order valence-corrected chi connectivity index (χ0v) is 32.4. The summed E-state index contributed by atoms with van der Waals surface area (Å²) in [7, 11) is 0. The molecule has 0 fully saturated rings. The molecule has 9 aromatic rings. The van der Waals surface area contributed by atoms with Gasteiger partial charge in [-0.25, -0.2) is 0 Å². The van der Waals surface area contributed by atoms with Crippen molar-refractivity contribution in [1.29, 1.82) is 0 Å². The maximum Gasteiger partial charge on any atom is 0.143 e. The molecule has 1 aliphatic heterocycles. The minimum Gasteiger partial charge on any atom is -0.455 e. The van der Waals surface area contributed by atoms with Crippen LogP contribution >= 0.6 is 0 Å². The minimum absolute atomic E-state index is 0.366. The fourth-order valence-corrected chi connectivity index (χ4v) is 8.28. The zero-order valence-electron chi connectivity index (χ0n) is 32.4. The number of nitrogens with zero attached hydrogens (tertiary/aromatic N) is 2. The average Bonchev–Trinajstić information content (AvgIpc) is 3.81. The quantitative estimate of drug-likeness (QED) is 0.124. The van der Waals surface area contributed by atoms with E-state index in [9.17, 15) is 0 Å². The number of benzene rings is 7. The van der Waals surface area contributed by atoms with Crippen LogP contribution in [0.1, 0.15) is 37.0 Å². The minimum atomic E-state index is 0.366. The lowest BCUT2D eigenvalue weighted by molar-refractivity contribution is 0.669. The van der Waals surface area contributed by atoms with Gasteiger partial charge in [0.1, 0.15) is 29.0 Å². The van der Waals surface area contributed by atoms with E-state index in [-0.39, 0.29) is 0 Å². The van der Waals surface area contributed by atoms with Crippen LogP contribution < -0.4 is 10.6 Å². The van der Waals surface area contributed by atoms with Crippen LogP contribution in [-0.2, 0) is 0 Å². The van der Waals surface area contributed by atoms with Gasteiger partial charge in [-0.1, -0.05) is 140 Å². The number of hydrogen-bond acceptors (Lipinski definition) is 5. The van der Waals surface area contributed by atoms with Gasteiger partial charge in [0, 0.05) is 43.9 Å². The van der Waals surface area contributed by atoms with Crippen LogP contribution in [0.4, 0.5) is 11.4 Å². The molecule has 2 N–H and O–H groups in total. The topological polar surface area (TPSA) is 67.9 Å². The van der Waals surface area contributed by atoms with Crippen molar-refractivity contribution in [2.24, 2.45) is 10.7 Å². The second-order valence-electron chi connectivity index (χ2n) is 14.8. The maximum atomic E-state index is 6.67. The number of para-hydroxylation sites is 4. The Bertz CT molecular complexity index is 2990. The van der Waals surface area contributed by atoms with Crippen molar-refractivity contribution < 1.29 is 8.83 Å². The van der Waals surface area contributed by atoms with Crippen molar-refractivity contribution in [3.8, 4) is 22.3 Å². The lowest BCUT2D eigenvalue weighted by Crippen LogP contribution is -2.21. The molecule has 0 radical (unpaired) electrons. The van der Waals surface area contributed by atoms with Crippen molar-refractivity contribution in [2.45, 2.75) is 20.3 Å². The van der Waals surface area contributed by atoms with Crippen LogP contribution in [0.25, 0.3) is 78.3 Å². The van der Waals surface area contributed by atoms with Gasteiger partial charge in [0.15, 0.2) is 0 Å². The van der Waals surface area contributed by atoms with Crippen LogP contribution in [-0.4, -0.2) is 12.4 Å². The van der Waals surface area contributed by atoms with E-state index in [1.165, 1.54) is 0 Å². The molecule has 2 aromatic heterocycles. The summed E-state index contributed by atoms with van der Waals surface area (Å²) in [5, 5.41) is 4.46. The van der Waals surface area contributed by atoms with E-state index in [1.54, 1.807) is 0 Å². The number of aliphatic imine (C=N–C) groups is 1. The molecule has 5 heteroatoms. The smallest absolute Gasteiger partial charge is 0.143 e. The Balaban J connectivity index is 1.13. The summed E-state index contributed by atoms with van der Waals surface area (Å²) >= 11 is 0. The molecule has 0 amide bonds. The highest BCUT2D eigenvalue weighted by Crippen LogP contribution is 2.43. The Labute approximate surface area is 337 Å². The first-order valence-electron chi connectivity index (χ1n) is 19.8. The van der Waals surface area contributed by atoms with Crippen LogP contribution in [0.3, 0.4) is 0 Å². The maximum absolute atomic E-state index is 6.67. The van der Waals surface area contributed by atoms with Gasteiger partial charge in [-0.2, -0.15) is 0 Å². The first-order valence-corrected chi connectivity index (χ1v) is 19.8. The summed E-state index contributed by atoms with van der Waals surface area (Å²) in [5.74, 6) is 0. The van der Waals surface area contributed by atoms with E-state index < -0.39 is 0 Å². The normalized spacial score (nSPS) is 13.4. The number of rotatable bonds is 8. The monoisotopic (exact) mass is 751 g/mol. The van der Waals surface area contributed by atoms with E-state index >= 15 is 0 Å². The summed E-state index contributed by atoms with van der Waals surface area (Å²) in [4.78, 5) is 7.71. The largest absolute Gasteiger partial charge is 0.455 e. The molecule has 0 atom stereocenters. The highest BCUT2D eigenvalue weighted by atomic mass is 16.3. The van der Waals surface area contributed by atoms with Crippen molar-refractivity contribution in [3.63, 3.8) is 0 Å². The second kappa shape index (κ2) is 14.6. The average molecular weight is 752 g/mol. The Kier molecular flexibility index (Phi) is 8.83. The molecule has 0 bridgehead atoms. The molecule has 0 unspecified atom stereocenters. The fraction of sp³-hybridized carbons (Fsp3) is 0.0755. The number of fused-ring (bicyclic) bond motifs is 8. The van der Waals surface area contributed by atoms with E-state index in [4.69, 9.17) is 19.6 Å². The summed E-state index contributed by atoms with van der Waals surface area (Å²) in [6.45, 7) is 4.53. The summed E-state index contributed by atoms with van der Waals surface area (Å²) < 4.78 is 13.0. The van der Waals surface area contributed by atoms with Gasteiger partial charge < -0.3 is 19.5 Å². The van der Waals surface area contributed by atoms with Crippen LogP contribution in [0.2, 0.25) is 0 Å². The number of nitrogens with two attached hydrogens (primary N) is 1. The van der Waals surface area contributed by atoms with Crippen LogP contribution in [0.5, 0.6) is 0 Å². The zero-order chi connectivity index (χ0) is 39.2. The molecule has 3 heterocycles. The van der Waals surface area contributed by atoms with Crippen molar-refractivity contribution >= 4 is 73.1 Å². The van der Waals surface area contributed by atoms with Gasteiger partial charge in [0.05, 0.1) is 17.1 Å². The molecule has 0 saturated heterocycles. The SMILES string of the molecule is CC\C=C/C(N)=C(C)/C(=N\CN1c2ccc(-c3cccc4c3oc3ccccc34)cc2C=Cc2cc(-c3cccc4c3oc3ccccc34)ccc21)c1ccccc1. The van der Waals surface area contributed by atoms with Gasteiger partial charge in [-0.15, -0.1) is 0 Å². The molecular formula is C53H41N3O2. The number of hydrogen-bond donors (Lipinski definition) is 1. The van der Waals surface area contributed by atoms with Crippen molar-refractivity contribution in [2.75, 3.05) is 11.6 Å². The fourth-order valence-electron chi connectivity index (χ4n) is 8.28. The molecule has 58 heavy (non-hydrogen) atoms. The Hall–Kier alpha value is -7.37. The third-order valence-electron chi connectivity index (χ3n) is 11.2. The summed E-state index contributed by atoms with van der Waals surface area (Å²) in [5.41, 5.74) is 22.3. The molecule has 280 valence electrons. The van der Waals surface area contributed by atoms with Gasteiger partial charge >= 0.3 is 0 Å². The molecular weight excluding hydrogens is 711 g/mol. The molecule has 7 aromatic carbocycles. The van der Waals surface area contributed by atoms with E-state index in [1.807, 2.05) is 48.5 Å². The standard InChI is InChI=1S/C53H41N3O2/c1-3-4-22-46(54)34(2)51(35-14-6-5-7-15-35)55-33-56-47-29-27-36(40-18-12-20-44-42-16-8-10-23-49(42)57-52(40)44)31-38(47)25-26-39-32-37(28-30-48(39)56)41-19-13-21-45-43-17-9-11-24-50(43)58-53(41)45/h4-32H,3,33,54H2,1-2H3/b22-4-,46-34-,55-51+. The molecule has 0 aliphatic carbocycles. The number of furan rings is 2. The molecule has 1 aliphatic rings. The van der Waals surface area contributed by atoms with Gasteiger partial charge in [0.2, 0.25) is 0 Å². The highest BCUT2D eigenvalue weighted by molar-refractivity contribution is 6.13. The molecule has 5 nitrogen and oxygen atoms in total. The van der Waals surface area contributed by atoms with Crippen molar-refractivity contribution in [3.05, 3.63) is 192 Å². The predicted octanol–water partition coefficient (Wildman–Crippen LogP) is 14.1. The van der Waals surface area contributed by atoms with E-state index in [0.29, 0.717) is 12.4 Å². The Morgan fingerprint density at radius 1 is 0.603 bits per heavy atom. The first kappa shape index (κ1) is 35.1.